The molecule has 1 aliphatic rings. The van der Waals surface area contributed by atoms with Crippen LogP contribution in [-0.2, 0) is 6.54 Å². The topological polar surface area (TPSA) is 65.2 Å². The Balaban J connectivity index is 1.54. The molecule has 2 aromatic heterocycles. The molecule has 1 aliphatic heterocycles. The molecule has 1 aromatic carbocycles. The Hall–Kier alpha value is -2.85. The van der Waals surface area contributed by atoms with Crippen LogP contribution in [0.5, 0.6) is 0 Å². The molecular weight excluding hydrogens is 358 g/mol. The van der Waals surface area contributed by atoms with Gasteiger partial charge in [0.1, 0.15) is 16.6 Å². The van der Waals surface area contributed by atoms with Gasteiger partial charge in [-0.1, -0.05) is 18.2 Å². The summed E-state index contributed by atoms with van der Waals surface area (Å²) in [7, 11) is 0. The van der Waals surface area contributed by atoms with Crippen LogP contribution in [0.2, 0.25) is 0 Å². The maximum atomic E-state index is 13.1. The second kappa shape index (κ2) is 7.05. The van der Waals surface area contributed by atoms with E-state index in [2.05, 4.69) is 32.9 Å². The van der Waals surface area contributed by atoms with Gasteiger partial charge in [-0.25, -0.2) is 0 Å². The molecule has 7 heteroatoms. The molecule has 0 aliphatic carbocycles. The van der Waals surface area contributed by atoms with Gasteiger partial charge in [-0.3, -0.25) is 4.79 Å². The summed E-state index contributed by atoms with van der Waals surface area (Å²) in [6.45, 7) is 7.51. The van der Waals surface area contributed by atoms with Crippen LogP contribution in [0.15, 0.2) is 30.5 Å². The lowest BCUT2D eigenvalue weighted by Crippen LogP contribution is -2.48. The maximum absolute atomic E-state index is 13.1. The Labute approximate surface area is 162 Å². The smallest absolute Gasteiger partial charge is 0.256 e. The van der Waals surface area contributed by atoms with Gasteiger partial charge in [-0.2, -0.15) is 9.64 Å². The van der Waals surface area contributed by atoms with E-state index in [4.69, 9.17) is 0 Å². The third kappa shape index (κ3) is 2.96. The minimum absolute atomic E-state index is 0.0824. The number of para-hydroxylation sites is 1. The number of aromatic nitrogens is 2. The highest BCUT2D eigenvalue weighted by atomic mass is 32.1. The van der Waals surface area contributed by atoms with Crippen LogP contribution in [0.3, 0.4) is 0 Å². The molecule has 3 heterocycles. The van der Waals surface area contributed by atoms with Crippen LogP contribution in [0, 0.1) is 18.3 Å². The van der Waals surface area contributed by atoms with Gasteiger partial charge in [-0.05, 0) is 31.4 Å². The zero-order valence-corrected chi connectivity index (χ0v) is 16.3. The molecule has 0 bridgehead atoms. The van der Waals surface area contributed by atoms with E-state index in [1.165, 1.54) is 11.5 Å². The van der Waals surface area contributed by atoms with Crippen LogP contribution < -0.4 is 4.90 Å². The molecule has 0 unspecified atom stereocenters. The number of piperazine rings is 1. The second-order valence-electron chi connectivity index (χ2n) is 6.69. The van der Waals surface area contributed by atoms with Gasteiger partial charge in [0.05, 0.1) is 11.3 Å². The van der Waals surface area contributed by atoms with Crippen molar-refractivity contribution in [1.82, 2.24) is 13.8 Å². The Kier molecular flexibility index (Phi) is 4.58. The molecule has 4 rings (SSSR count). The fourth-order valence-corrected chi connectivity index (χ4v) is 4.56. The summed E-state index contributed by atoms with van der Waals surface area (Å²) in [4.78, 5) is 17.2. The van der Waals surface area contributed by atoms with Crippen molar-refractivity contribution in [3.05, 3.63) is 47.3 Å². The van der Waals surface area contributed by atoms with Crippen molar-refractivity contribution in [2.45, 2.75) is 20.4 Å². The number of amides is 1. The quantitative estimate of drug-likeness (QED) is 0.701. The predicted molar refractivity (Wildman–Crippen MR) is 107 cm³/mol. The van der Waals surface area contributed by atoms with Crippen LogP contribution in [0.25, 0.3) is 10.9 Å². The number of anilines is 1. The van der Waals surface area contributed by atoms with E-state index in [1.54, 1.807) is 0 Å². The highest BCUT2D eigenvalue weighted by Crippen LogP contribution is 2.29. The predicted octanol–water partition coefficient (Wildman–Crippen LogP) is 3.26. The summed E-state index contributed by atoms with van der Waals surface area (Å²) in [5.41, 5.74) is 3.31. The van der Waals surface area contributed by atoms with Gasteiger partial charge in [0.15, 0.2) is 0 Å². The number of carbonyl (C=O) groups excluding carboxylic acids is 1. The van der Waals surface area contributed by atoms with Crippen molar-refractivity contribution in [3.8, 4) is 6.07 Å². The zero-order valence-electron chi connectivity index (χ0n) is 15.5. The summed E-state index contributed by atoms with van der Waals surface area (Å²) in [6, 6.07) is 10.3. The van der Waals surface area contributed by atoms with Gasteiger partial charge in [0.25, 0.3) is 5.91 Å². The first-order valence-electron chi connectivity index (χ1n) is 9.12. The van der Waals surface area contributed by atoms with Crippen LogP contribution >= 0.6 is 11.5 Å². The summed E-state index contributed by atoms with van der Waals surface area (Å²) in [6.07, 6.45) is 1.97. The molecule has 27 heavy (non-hydrogen) atoms. The largest absolute Gasteiger partial charge is 0.358 e. The summed E-state index contributed by atoms with van der Waals surface area (Å²) >= 11 is 1.37. The maximum Gasteiger partial charge on any atom is 0.256 e. The molecule has 0 N–H and O–H groups in total. The van der Waals surface area contributed by atoms with Crippen molar-refractivity contribution in [2.75, 3.05) is 31.1 Å². The van der Waals surface area contributed by atoms with Gasteiger partial charge in [0.2, 0.25) is 0 Å². The average molecular weight is 379 g/mol. The molecule has 0 spiro atoms. The first-order chi connectivity index (χ1) is 13.1. The number of nitriles is 1. The van der Waals surface area contributed by atoms with Gasteiger partial charge in [0, 0.05) is 49.8 Å². The van der Waals surface area contributed by atoms with Crippen molar-refractivity contribution in [2.24, 2.45) is 0 Å². The highest BCUT2D eigenvalue weighted by Gasteiger charge is 2.27. The molecule has 1 saturated heterocycles. The number of benzene rings is 1. The van der Waals surface area contributed by atoms with Crippen molar-refractivity contribution in [1.29, 1.82) is 5.26 Å². The lowest BCUT2D eigenvalue weighted by molar-refractivity contribution is 0.0748. The van der Waals surface area contributed by atoms with E-state index >= 15 is 0 Å². The molecule has 0 radical (unpaired) electrons. The number of nitrogens with zero attached hydrogens (tertiary/aromatic N) is 5. The number of carbonyl (C=O) groups is 1. The van der Waals surface area contributed by atoms with Gasteiger partial charge < -0.3 is 14.4 Å². The van der Waals surface area contributed by atoms with E-state index in [-0.39, 0.29) is 5.91 Å². The summed E-state index contributed by atoms with van der Waals surface area (Å²) in [5, 5.41) is 11.3. The van der Waals surface area contributed by atoms with E-state index in [0.717, 1.165) is 33.7 Å². The Bertz CT molecular complexity index is 1040. The molecule has 0 saturated carbocycles. The normalized spacial score (nSPS) is 14.6. The Morgan fingerprint density at radius 1 is 1.26 bits per heavy atom. The van der Waals surface area contributed by atoms with Crippen LogP contribution in [-0.4, -0.2) is 45.9 Å². The summed E-state index contributed by atoms with van der Waals surface area (Å²) in [5.74, 6) is 0.0824. The molecule has 6 nitrogen and oxygen atoms in total. The molecule has 1 amide bonds. The molecular formula is C20H21N5OS. The second-order valence-corrected chi connectivity index (χ2v) is 7.44. The number of aryl methyl sites for hydroxylation is 2. The van der Waals surface area contributed by atoms with Crippen LogP contribution in [0.1, 0.15) is 28.5 Å². The minimum Gasteiger partial charge on any atom is -0.358 e. The average Bonchev–Trinajstić information content (AvgIpc) is 3.27. The van der Waals surface area contributed by atoms with Gasteiger partial charge in [-0.15, -0.1) is 0 Å². The Morgan fingerprint density at radius 2 is 2.00 bits per heavy atom. The SMILES string of the molecule is CCn1cc(C(=O)N2CCN(c3snc(C)c3C#N)CC2)c2ccccc21. The molecule has 138 valence electrons. The fraction of sp³-hybridized carbons (Fsp3) is 0.350. The number of hydrogen-bond donors (Lipinski definition) is 0. The lowest BCUT2D eigenvalue weighted by atomic mass is 10.1. The van der Waals surface area contributed by atoms with E-state index in [1.807, 2.05) is 36.2 Å². The van der Waals surface area contributed by atoms with E-state index in [0.29, 0.717) is 31.7 Å². The van der Waals surface area contributed by atoms with E-state index in [9.17, 15) is 10.1 Å². The standard InChI is InChI=1S/C20H21N5OS/c1-3-23-13-17(15-6-4-5-7-18(15)23)19(26)24-8-10-25(11-9-24)20-16(12-21)14(2)22-27-20/h4-7,13H,3,8-11H2,1-2H3. The molecule has 0 atom stereocenters. The third-order valence-corrected chi connectivity index (χ3v) is 6.17. The summed E-state index contributed by atoms with van der Waals surface area (Å²) < 4.78 is 6.43. The van der Waals surface area contributed by atoms with Crippen molar-refractivity contribution in [3.63, 3.8) is 0 Å². The monoisotopic (exact) mass is 379 g/mol. The zero-order chi connectivity index (χ0) is 19.0. The molecule has 1 fully saturated rings. The number of fused-ring (bicyclic) bond motifs is 1. The van der Waals surface area contributed by atoms with Crippen LogP contribution in [0.4, 0.5) is 5.00 Å². The highest BCUT2D eigenvalue weighted by molar-refractivity contribution is 7.10. The third-order valence-electron chi connectivity index (χ3n) is 5.17. The Morgan fingerprint density at radius 3 is 2.70 bits per heavy atom. The lowest BCUT2D eigenvalue weighted by Gasteiger charge is -2.35. The minimum atomic E-state index is 0.0824. The van der Waals surface area contributed by atoms with Crippen molar-refractivity contribution >= 4 is 33.3 Å². The van der Waals surface area contributed by atoms with E-state index < -0.39 is 0 Å². The fourth-order valence-electron chi connectivity index (χ4n) is 3.66. The first kappa shape index (κ1) is 17.6. The molecule has 3 aromatic rings. The first-order valence-corrected chi connectivity index (χ1v) is 9.89. The van der Waals surface area contributed by atoms with Crippen molar-refractivity contribution < 1.29 is 4.79 Å². The number of hydrogen-bond acceptors (Lipinski definition) is 5. The number of rotatable bonds is 3. The van der Waals surface area contributed by atoms with Gasteiger partial charge >= 0.3 is 0 Å².